The number of hydrogen-bond donors (Lipinski definition) is 0. The van der Waals surface area contributed by atoms with E-state index in [4.69, 9.17) is 16.3 Å². The average Bonchev–Trinajstić information content (AvgIpc) is 2.59. The van der Waals surface area contributed by atoms with Gasteiger partial charge in [-0.15, -0.1) is 11.8 Å². The largest absolute Gasteiger partial charge is 0.454 e. The molecule has 0 heterocycles. The summed E-state index contributed by atoms with van der Waals surface area (Å²) in [6.45, 7) is -0.476. The van der Waals surface area contributed by atoms with Crippen molar-refractivity contribution in [1.29, 1.82) is 0 Å². The number of hydrogen-bond acceptors (Lipinski definition) is 6. The normalized spacial score (nSPS) is 10.2. The summed E-state index contributed by atoms with van der Waals surface area (Å²) in [6, 6.07) is 10.3. The highest BCUT2D eigenvalue weighted by Gasteiger charge is 2.18. The van der Waals surface area contributed by atoms with Crippen LogP contribution < -0.4 is 0 Å². The minimum atomic E-state index is -0.891. The summed E-state index contributed by atoms with van der Waals surface area (Å²) >= 11 is 7.39. The Kier molecular flexibility index (Phi) is 5.94. The number of Topliss-reactive ketones (excluding diaryl/α,β-unsaturated/α-hetero) is 1. The van der Waals surface area contributed by atoms with E-state index in [0.717, 1.165) is 11.0 Å². The van der Waals surface area contributed by atoms with Crippen molar-refractivity contribution in [1.82, 2.24) is 0 Å². The number of benzene rings is 2. The van der Waals surface area contributed by atoms with Crippen LogP contribution in [0.5, 0.6) is 0 Å². The summed E-state index contributed by atoms with van der Waals surface area (Å²) in [5.41, 5.74) is -0.0348. The first-order valence-corrected chi connectivity index (χ1v) is 8.31. The zero-order valence-corrected chi connectivity index (χ0v) is 14.1. The smallest absolute Gasteiger partial charge is 0.340 e. The number of nitro benzene ring substituents is 1. The van der Waals surface area contributed by atoms with Crippen molar-refractivity contribution in [3.63, 3.8) is 0 Å². The number of ether oxygens (including phenoxy) is 1. The van der Waals surface area contributed by atoms with E-state index in [1.165, 1.54) is 12.1 Å². The minimum Gasteiger partial charge on any atom is -0.454 e. The molecule has 0 N–H and O–H groups in total. The molecule has 0 radical (unpaired) electrons. The Balaban J connectivity index is 2.05. The molecule has 0 bridgehead atoms. The van der Waals surface area contributed by atoms with Crippen LogP contribution in [0.2, 0.25) is 5.02 Å². The van der Waals surface area contributed by atoms with Gasteiger partial charge in [0, 0.05) is 22.6 Å². The summed E-state index contributed by atoms with van der Waals surface area (Å²) < 4.78 is 4.92. The van der Waals surface area contributed by atoms with Crippen LogP contribution in [0.4, 0.5) is 5.69 Å². The fourth-order valence-electron chi connectivity index (χ4n) is 1.85. The molecule has 2 rings (SSSR count). The van der Waals surface area contributed by atoms with Crippen LogP contribution in [-0.2, 0) is 4.74 Å². The predicted octanol–water partition coefficient (Wildman–Crippen LogP) is 4.01. The quantitative estimate of drug-likeness (QED) is 0.253. The molecule has 24 heavy (non-hydrogen) atoms. The predicted molar refractivity (Wildman–Crippen MR) is 90.9 cm³/mol. The van der Waals surface area contributed by atoms with Gasteiger partial charge >= 0.3 is 5.97 Å². The Morgan fingerprint density at radius 3 is 2.46 bits per heavy atom. The van der Waals surface area contributed by atoms with Gasteiger partial charge in [-0.05, 0) is 24.5 Å². The number of nitrogens with zero attached hydrogens (tertiary/aromatic N) is 1. The van der Waals surface area contributed by atoms with E-state index in [2.05, 4.69) is 0 Å². The van der Waals surface area contributed by atoms with Gasteiger partial charge < -0.3 is 4.74 Å². The standard InChI is InChI=1S/C16H12ClNO5S/c1-24-12-5-2-10(3-6-12)15(19)9-23-16(20)13-8-11(18(21)22)4-7-14(13)17/h2-8H,9H2,1H3. The Morgan fingerprint density at radius 1 is 1.21 bits per heavy atom. The number of ketones is 1. The van der Waals surface area contributed by atoms with Gasteiger partial charge in [-0.1, -0.05) is 23.7 Å². The summed E-state index contributed by atoms with van der Waals surface area (Å²) in [5, 5.41) is 10.8. The van der Waals surface area contributed by atoms with Crippen molar-refractivity contribution in [2.45, 2.75) is 4.90 Å². The maximum atomic E-state index is 12.0. The number of halogens is 1. The highest BCUT2D eigenvalue weighted by atomic mass is 35.5. The molecule has 0 aliphatic heterocycles. The lowest BCUT2D eigenvalue weighted by Gasteiger charge is -2.06. The van der Waals surface area contributed by atoms with Gasteiger partial charge in [-0.25, -0.2) is 4.79 Å². The number of non-ortho nitro benzene ring substituents is 1. The maximum absolute atomic E-state index is 12.0. The number of esters is 1. The molecular formula is C16H12ClNO5S. The van der Waals surface area contributed by atoms with Gasteiger partial charge in [-0.2, -0.15) is 0 Å². The molecule has 2 aromatic carbocycles. The Labute approximate surface area is 146 Å². The molecule has 0 spiro atoms. The molecule has 0 aliphatic rings. The molecule has 0 saturated heterocycles. The lowest BCUT2D eigenvalue weighted by Crippen LogP contribution is -2.14. The minimum absolute atomic E-state index is 0.0161. The first-order valence-electron chi connectivity index (χ1n) is 6.70. The molecule has 0 saturated carbocycles. The molecule has 0 fully saturated rings. The highest BCUT2D eigenvalue weighted by Crippen LogP contribution is 2.23. The van der Waals surface area contributed by atoms with Gasteiger partial charge in [0.2, 0.25) is 0 Å². The van der Waals surface area contributed by atoms with Gasteiger partial charge in [0.1, 0.15) is 0 Å². The second kappa shape index (κ2) is 7.94. The average molecular weight is 366 g/mol. The summed E-state index contributed by atoms with van der Waals surface area (Å²) in [7, 11) is 0. The lowest BCUT2D eigenvalue weighted by molar-refractivity contribution is -0.384. The first-order chi connectivity index (χ1) is 11.4. The van der Waals surface area contributed by atoms with Gasteiger partial charge in [0.05, 0.1) is 15.5 Å². The van der Waals surface area contributed by atoms with E-state index in [0.29, 0.717) is 5.56 Å². The fourth-order valence-corrected chi connectivity index (χ4v) is 2.46. The third-order valence-corrected chi connectivity index (χ3v) is 4.20. The molecule has 2 aromatic rings. The van der Waals surface area contributed by atoms with Crippen molar-refractivity contribution >= 4 is 40.8 Å². The lowest BCUT2D eigenvalue weighted by atomic mass is 10.1. The highest BCUT2D eigenvalue weighted by molar-refractivity contribution is 7.98. The molecule has 8 heteroatoms. The van der Waals surface area contributed by atoms with Crippen LogP contribution >= 0.6 is 23.4 Å². The van der Waals surface area contributed by atoms with Crippen LogP contribution in [0.15, 0.2) is 47.4 Å². The third-order valence-electron chi connectivity index (χ3n) is 3.13. The summed E-state index contributed by atoms with van der Waals surface area (Å²) in [4.78, 5) is 35.1. The fraction of sp³-hybridized carbons (Fsp3) is 0.125. The monoisotopic (exact) mass is 365 g/mol. The molecule has 6 nitrogen and oxygen atoms in total. The SMILES string of the molecule is CSc1ccc(C(=O)COC(=O)c2cc([N+](=O)[O-])ccc2Cl)cc1. The van der Waals surface area contributed by atoms with Crippen LogP contribution in [0.3, 0.4) is 0 Å². The maximum Gasteiger partial charge on any atom is 0.340 e. The number of carbonyl (C=O) groups excluding carboxylic acids is 2. The molecule has 0 aromatic heterocycles. The Bertz CT molecular complexity index is 792. The van der Waals surface area contributed by atoms with E-state index in [-0.39, 0.29) is 22.1 Å². The second-order valence-electron chi connectivity index (χ2n) is 4.65. The van der Waals surface area contributed by atoms with E-state index in [9.17, 15) is 19.7 Å². The summed E-state index contributed by atoms with van der Waals surface area (Å²) in [5.74, 6) is -1.27. The van der Waals surface area contributed by atoms with Crippen LogP contribution in [-0.4, -0.2) is 29.5 Å². The van der Waals surface area contributed by atoms with Gasteiger partial charge in [0.15, 0.2) is 12.4 Å². The second-order valence-corrected chi connectivity index (χ2v) is 5.94. The number of thioether (sulfide) groups is 1. The summed E-state index contributed by atoms with van der Waals surface area (Å²) in [6.07, 6.45) is 1.92. The molecular weight excluding hydrogens is 354 g/mol. The van der Waals surface area contributed by atoms with E-state index in [1.807, 2.05) is 6.26 Å². The molecule has 0 unspecified atom stereocenters. The number of rotatable bonds is 6. The van der Waals surface area contributed by atoms with Crippen molar-refractivity contribution in [3.8, 4) is 0 Å². The topological polar surface area (TPSA) is 86.5 Å². The van der Waals surface area contributed by atoms with Gasteiger partial charge in [-0.3, -0.25) is 14.9 Å². The van der Waals surface area contributed by atoms with E-state index >= 15 is 0 Å². The Hall–Kier alpha value is -2.38. The Morgan fingerprint density at radius 2 is 1.88 bits per heavy atom. The molecule has 0 atom stereocenters. The zero-order valence-electron chi connectivity index (χ0n) is 12.5. The number of carbonyl (C=O) groups is 2. The molecule has 124 valence electrons. The zero-order chi connectivity index (χ0) is 17.7. The van der Waals surface area contributed by atoms with Crippen molar-refractivity contribution in [3.05, 3.63) is 68.7 Å². The van der Waals surface area contributed by atoms with E-state index < -0.39 is 17.5 Å². The number of nitro groups is 1. The molecule has 0 amide bonds. The first kappa shape index (κ1) is 18.0. The third kappa shape index (κ3) is 4.33. The van der Waals surface area contributed by atoms with Crippen molar-refractivity contribution in [2.75, 3.05) is 12.9 Å². The van der Waals surface area contributed by atoms with E-state index in [1.54, 1.807) is 36.0 Å². The molecule has 0 aliphatic carbocycles. The van der Waals surface area contributed by atoms with Crippen LogP contribution in [0.25, 0.3) is 0 Å². The van der Waals surface area contributed by atoms with Crippen molar-refractivity contribution in [2.24, 2.45) is 0 Å². The van der Waals surface area contributed by atoms with Crippen molar-refractivity contribution < 1.29 is 19.2 Å². The van der Waals surface area contributed by atoms with Gasteiger partial charge in [0.25, 0.3) is 5.69 Å². The van der Waals surface area contributed by atoms with Crippen LogP contribution in [0, 0.1) is 10.1 Å². The van der Waals surface area contributed by atoms with Crippen LogP contribution in [0.1, 0.15) is 20.7 Å².